The Morgan fingerprint density at radius 3 is 2.71 bits per heavy atom. The number of carbonyl (C=O) groups is 3. The van der Waals surface area contributed by atoms with Gasteiger partial charge in [-0.3, -0.25) is 19.5 Å². The Bertz CT molecular complexity index is 1380. The number of ether oxygens (including phenoxy) is 1. The molecule has 1 amide bonds. The highest BCUT2D eigenvalue weighted by Gasteiger charge is 2.48. The molecule has 1 N–H and O–H groups in total. The average molecular weight is 490 g/mol. The maximum atomic E-state index is 13.3. The van der Waals surface area contributed by atoms with E-state index in [0.717, 1.165) is 22.5 Å². The molecule has 3 heterocycles. The molecule has 3 aromatic rings. The minimum absolute atomic E-state index is 0.0293. The van der Waals surface area contributed by atoms with Crippen LogP contribution in [0.25, 0.3) is 5.76 Å². The molecule has 0 spiro atoms. The van der Waals surface area contributed by atoms with Crippen LogP contribution in [0.5, 0.6) is 0 Å². The zero-order chi connectivity index (χ0) is 25.3. The van der Waals surface area contributed by atoms with Gasteiger partial charge >= 0.3 is 11.9 Å². The Kier molecular flexibility index (Phi) is 6.61. The van der Waals surface area contributed by atoms with Gasteiger partial charge in [-0.2, -0.15) is 0 Å². The van der Waals surface area contributed by atoms with Crippen LogP contribution >= 0.6 is 11.3 Å². The second-order valence-corrected chi connectivity index (χ2v) is 9.05. The quantitative estimate of drug-likeness (QED) is 0.179. The molecule has 4 rings (SSSR count). The zero-order valence-electron chi connectivity index (χ0n) is 19.4. The minimum atomic E-state index is -0.980. The number of amides is 1. The van der Waals surface area contributed by atoms with Crippen molar-refractivity contribution in [1.29, 1.82) is 0 Å². The number of aliphatic hydroxyl groups excluding tert-OH is 1. The first kappa shape index (κ1) is 24.0. The molecule has 0 radical (unpaired) electrons. The van der Waals surface area contributed by atoms with E-state index in [1.165, 1.54) is 17.2 Å². The van der Waals surface area contributed by atoms with Crippen molar-refractivity contribution in [1.82, 2.24) is 9.97 Å². The fraction of sp³-hybridized carbons (Fsp3) is 0.192. The van der Waals surface area contributed by atoms with E-state index in [4.69, 9.17) is 4.74 Å². The van der Waals surface area contributed by atoms with Gasteiger partial charge in [-0.1, -0.05) is 47.8 Å². The van der Waals surface area contributed by atoms with Gasteiger partial charge in [0.1, 0.15) is 17.2 Å². The number of pyridine rings is 1. The van der Waals surface area contributed by atoms with Crippen molar-refractivity contribution in [3.8, 4) is 0 Å². The van der Waals surface area contributed by atoms with Crippen LogP contribution in [0.4, 0.5) is 5.13 Å². The van der Waals surface area contributed by atoms with Crippen molar-refractivity contribution in [3.05, 3.63) is 93.8 Å². The summed E-state index contributed by atoms with van der Waals surface area (Å²) in [7, 11) is 0. The second-order valence-electron chi connectivity index (χ2n) is 8.07. The summed E-state index contributed by atoms with van der Waals surface area (Å²) in [4.78, 5) is 49.0. The number of ketones is 1. The summed E-state index contributed by atoms with van der Waals surface area (Å²) in [5, 5.41) is 11.5. The Morgan fingerprint density at radius 2 is 2.03 bits per heavy atom. The number of thiazole rings is 1. The number of Topliss-reactive ketones (excluding diaryl/α,β-unsaturated/α-hetero) is 1. The van der Waals surface area contributed by atoms with Crippen molar-refractivity contribution in [2.75, 3.05) is 11.5 Å². The lowest BCUT2D eigenvalue weighted by Gasteiger charge is -2.22. The van der Waals surface area contributed by atoms with Gasteiger partial charge in [-0.15, -0.1) is 0 Å². The lowest BCUT2D eigenvalue weighted by molar-refractivity contribution is -0.132. The van der Waals surface area contributed by atoms with E-state index in [2.05, 4.69) is 16.5 Å². The van der Waals surface area contributed by atoms with Crippen LogP contribution in [-0.2, 0) is 14.3 Å². The molecule has 1 aliphatic heterocycles. The molecule has 0 aliphatic carbocycles. The van der Waals surface area contributed by atoms with Crippen LogP contribution in [0.2, 0.25) is 0 Å². The number of aromatic nitrogens is 2. The largest absolute Gasteiger partial charge is 0.507 e. The second kappa shape index (κ2) is 9.63. The smallest absolute Gasteiger partial charge is 0.350 e. The van der Waals surface area contributed by atoms with E-state index in [-0.39, 0.29) is 27.9 Å². The Hall–Kier alpha value is -4.11. The molecule has 1 aromatic carbocycles. The van der Waals surface area contributed by atoms with E-state index in [1.807, 2.05) is 26.0 Å². The topological polar surface area (TPSA) is 110 Å². The number of aliphatic hydroxyl groups is 1. The summed E-state index contributed by atoms with van der Waals surface area (Å²) in [6, 6.07) is 7.91. The first-order valence-electron chi connectivity index (χ1n) is 10.8. The molecule has 1 aliphatic rings. The van der Waals surface area contributed by atoms with E-state index >= 15 is 0 Å². The third kappa shape index (κ3) is 4.38. The van der Waals surface area contributed by atoms with E-state index in [1.54, 1.807) is 31.3 Å². The van der Waals surface area contributed by atoms with Gasteiger partial charge in [-0.25, -0.2) is 9.78 Å². The number of anilines is 1. The number of aryl methyl sites for hydroxylation is 3. The van der Waals surface area contributed by atoms with Crippen LogP contribution < -0.4 is 4.90 Å². The molecular formula is C26H23N3O5S. The maximum Gasteiger partial charge on any atom is 0.350 e. The van der Waals surface area contributed by atoms with E-state index in [9.17, 15) is 19.5 Å². The van der Waals surface area contributed by atoms with Crippen LogP contribution in [0, 0.1) is 20.8 Å². The third-order valence-electron chi connectivity index (χ3n) is 5.60. The van der Waals surface area contributed by atoms with Crippen LogP contribution in [0.1, 0.15) is 43.7 Å². The normalized spacial score (nSPS) is 17.0. The van der Waals surface area contributed by atoms with Gasteiger partial charge < -0.3 is 9.84 Å². The average Bonchev–Trinajstić information content (AvgIpc) is 3.36. The van der Waals surface area contributed by atoms with E-state index < -0.39 is 23.7 Å². The van der Waals surface area contributed by atoms with Crippen LogP contribution in [0.15, 0.2) is 61.0 Å². The Labute approximate surface area is 206 Å². The lowest BCUT2D eigenvalue weighted by Crippen LogP contribution is -2.29. The fourth-order valence-electron chi connectivity index (χ4n) is 3.89. The fourth-order valence-corrected chi connectivity index (χ4v) is 4.88. The number of hydrogen-bond donors (Lipinski definition) is 1. The molecule has 1 fully saturated rings. The van der Waals surface area contributed by atoms with Gasteiger partial charge in [0, 0.05) is 18.0 Å². The number of benzene rings is 1. The molecule has 2 aromatic heterocycles. The highest BCUT2D eigenvalue weighted by atomic mass is 32.1. The molecule has 0 saturated carbocycles. The van der Waals surface area contributed by atoms with Crippen LogP contribution in [0.3, 0.4) is 0 Å². The van der Waals surface area contributed by atoms with Gasteiger partial charge in [-0.05, 0) is 44.0 Å². The molecule has 0 bridgehead atoms. The van der Waals surface area contributed by atoms with Crippen molar-refractivity contribution in [2.24, 2.45) is 0 Å². The highest BCUT2D eigenvalue weighted by Crippen LogP contribution is 2.44. The van der Waals surface area contributed by atoms with Gasteiger partial charge in [0.2, 0.25) is 0 Å². The summed E-state index contributed by atoms with van der Waals surface area (Å²) < 4.78 is 5.12. The summed E-state index contributed by atoms with van der Waals surface area (Å²) in [6.45, 7) is 8.86. The number of carbonyl (C=O) groups excluding carboxylic acids is 3. The third-order valence-corrected chi connectivity index (χ3v) is 6.74. The summed E-state index contributed by atoms with van der Waals surface area (Å²) in [5.41, 5.74) is 2.91. The van der Waals surface area contributed by atoms with Crippen molar-refractivity contribution in [2.45, 2.75) is 26.8 Å². The summed E-state index contributed by atoms with van der Waals surface area (Å²) >= 11 is 0.943. The number of rotatable bonds is 6. The maximum absolute atomic E-state index is 13.3. The molecular weight excluding hydrogens is 466 g/mol. The van der Waals surface area contributed by atoms with Gasteiger partial charge in [0.05, 0.1) is 17.3 Å². The summed E-state index contributed by atoms with van der Waals surface area (Å²) in [5.74, 6) is -2.58. The molecule has 9 heteroatoms. The van der Waals surface area contributed by atoms with E-state index in [0.29, 0.717) is 16.8 Å². The number of esters is 1. The molecule has 1 saturated heterocycles. The first-order chi connectivity index (χ1) is 16.7. The monoisotopic (exact) mass is 489 g/mol. The summed E-state index contributed by atoms with van der Waals surface area (Å²) in [6.07, 6.45) is 4.55. The first-order valence-corrected chi connectivity index (χ1v) is 11.6. The lowest BCUT2D eigenvalue weighted by atomic mass is 9.94. The van der Waals surface area contributed by atoms with Crippen molar-refractivity contribution >= 4 is 39.9 Å². The van der Waals surface area contributed by atoms with Crippen molar-refractivity contribution in [3.63, 3.8) is 0 Å². The minimum Gasteiger partial charge on any atom is -0.507 e. The predicted molar refractivity (Wildman–Crippen MR) is 132 cm³/mol. The van der Waals surface area contributed by atoms with Crippen molar-refractivity contribution < 1.29 is 24.2 Å². The van der Waals surface area contributed by atoms with Crippen LogP contribution in [-0.4, -0.2) is 39.3 Å². The predicted octanol–water partition coefficient (Wildman–Crippen LogP) is 4.43. The van der Waals surface area contributed by atoms with Gasteiger partial charge in [0.15, 0.2) is 5.13 Å². The van der Waals surface area contributed by atoms with Gasteiger partial charge in [0.25, 0.3) is 5.78 Å². The highest BCUT2D eigenvalue weighted by molar-refractivity contribution is 7.17. The number of nitrogens with zero attached hydrogens (tertiary/aromatic N) is 3. The Morgan fingerprint density at radius 1 is 1.26 bits per heavy atom. The molecule has 178 valence electrons. The standard InChI is InChI=1S/C26H23N3O5S/c1-5-11-34-25(33)23-16(4)28-26(35-23)29-20(17-7-6-10-27-13-17)19(22(31)24(29)32)21(30)18-12-14(2)8-9-15(18)3/h5-10,12-13,20,30H,1,11H2,2-4H3. The zero-order valence-corrected chi connectivity index (χ0v) is 20.3. The molecule has 35 heavy (non-hydrogen) atoms. The molecule has 8 nitrogen and oxygen atoms in total. The molecule has 1 atom stereocenters. The molecule has 1 unspecified atom stereocenters. The number of hydrogen-bond acceptors (Lipinski definition) is 8. The SMILES string of the molecule is C=CCOC(=O)c1sc(N2C(=O)C(=O)C(=C(O)c3cc(C)ccc3C)C2c2cccnc2)nc1C. The Balaban J connectivity index is 1.90.